The van der Waals surface area contributed by atoms with Gasteiger partial charge in [-0.15, -0.1) is 0 Å². The summed E-state index contributed by atoms with van der Waals surface area (Å²) in [4.78, 5) is 10.1. The third kappa shape index (κ3) is 2.70. The van der Waals surface area contributed by atoms with E-state index < -0.39 is 18.4 Å². The fraction of sp³-hybridized carbons (Fsp3) is 0.222. The highest BCUT2D eigenvalue weighted by atomic mass is 19.1. The number of ether oxygens (including phenoxy) is 1. The van der Waals surface area contributed by atoms with E-state index in [0.717, 1.165) is 6.07 Å². The van der Waals surface area contributed by atoms with Crippen LogP contribution >= 0.6 is 0 Å². The maximum absolute atomic E-state index is 13.1. The van der Waals surface area contributed by atoms with Crippen molar-refractivity contribution in [3.63, 3.8) is 0 Å². The summed E-state index contributed by atoms with van der Waals surface area (Å²) < 4.78 is 17.7. The molecule has 0 bridgehead atoms. The molecule has 0 fully saturated rings. The molecule has 0 saturated heterocycles. The topological polar surface area (TPSA) is 66.8 Å². The Morgan fingerprint density at radius 1 is 1.50 bits per heavy atom. The predicted molar refractivity (Wildman–Crippen MR) is 45.5 cm³/mol. The lowest BCUT2D eigenvalue weighted by atomic mass is 10.2. The molecule has 14 heavy (non-hydrogen) atoms. The lowest BCUT2D eigenvalue weighted by Gasteiger charge is -2.05. The number of carboxylic acids is 1. The second kappa shape index (κ2) is 4.57. The molecule has 1 aromatic rings. The first-order chi connectivity index (χ1) is 6.63. The Bertz CT molecular complexity index is 338. The first kappa shape index (κ1) is 10.5. The number of rotatable bonds is 4. The minimum atomic E-state index is -1.17. The van der Waals surface area contributed by atoms with Gasteiger partial charge in [-0.2, -0.15) is 0 Å². The van der Waals surface area contributed by atoms with Crippen LogP contribution in [0.2, 0.25) is 0 Å². The van der Waals surface area contributed by atoms with Crippen LogP contribution in [0.25, 0.3) is 0 Å². The van der Waals surface area contributed by atoms with Crippen molar-refractivity contribution in [1.82, 2.24) is 0 Å². The third-order valence-electron chi connectivity index (χ3n) is 1.53. The molecule has 0 aliphatic carbocycles. The van der Waals surface area contributed by atoms with Crippen LogP contribution in [0.1, 0.15) is 5.56 Å². The monoisotopic (exact) mass is 200 g/mol. The van der Waals surface area contributed by atoms with Gasteiger partial charge in [0.2, 0.25) is 0 Å². The van der Waals surface area contributed by atoms with Gasteiger partial charge in [0.1, 0.15) is 0 Å². The molecule has 0 atom stereocenters. The summed E-state index contributed by atoms with van der Waals surface area (Å²) >= 11 is 0. The second-order valence-corrected chi connectivity index (χ2v) is 2.61. The zero-order valence-corrected chi connectivity index (χ0v) is 7.24. The summed E-state index contributed by atoms with van der Waals surface area (Å²) in [5.74, 6) is -1.99. The Kier molecular flexibility index (Phi) is 3.41. The van der Waals surface area contributed by atoms with Crippen molar-refractivity contribution in [2.45, 2.75) is 6.61 Å². The fourth-order valence-corrected chi connectivity index (χ4v) is 0.899. The molecule has 4 nitrogen and oxygen atoms in total. The lowest BCUT2D eigenvalue weighted by molar-refractivity contribution is -0.139. The van der Waals surface area contributed by atoms with Crippen molar-refractivity contribution in [3.05, 3.63) is 29.6 Å². The number of carboxylic acid groups (broad SMARTS) is 1. The molecule has 76 valence electrons. The normalized spacial score (nSPS) is 9.86. The van der Waals surface area contributed by atoms with Crippen LogP contribution in [0.4, 0.5) is 4.39 Å². The van der Waals surface area contributed by atoms with Gasteiger partial charge >= 0.3 is 5.97 Å². The van der Waals surface area contributed by atoms with E-state index in [1.807, 2.05) is 0 Å². The van der Waals surface area contributed by atoms with Gasteiger partial charge in [-0.1, -0.05) is 6.07 Å². The smallest absolute Gasteiger partial charge is 0.341 e. The Morgan fingerprint density at radius 3 is 2.71 bits per heavy atom. The quantitative estimate of drug-likeness (QED) is 0.753. The van der Waals surface area contributed by atoms with Crippen molar-refractivity contribution in [2.24, 2.45) is 0 Å². The molecule has 0 amide bonds. The summed E-state index contributed by atoms with van der Waals surface area (Å²) in [7, 11) is 0. The molecule has 0 aromatic heterocycles. The highest BCUT2D eigenvalue weighted by Gasteiger charge is 2.06. The first-order valence-electron chi connectivity index (χ1n) is 3.87. The minimum absolute atomic E-state index is 0.135. The molecular formula is C9H9FO4. The average Bonchev–Trinajstić information content (AvgIpc) is 2.15. The van der Waals surface area contributed by atoms with E-state index >= 15 is 0 Å². The van der Waals surface area contributed by atoms with Crippen molar-refractivity contribution in [1.29, 1.82) is 0 Å². The number of hydrogen-bond donors (Lipinski definition) is 2. The van der Waals surface area contributed by atoms with E-state index in [-0.39, 0.29) is 12.4 Å². The summed E-state index contributed by atoms with van der Waals surface area (Å²) in [6, 6.07) is 3.83. The van der Waals surface area contributed by atoms with Gasteiger partial charge in [-0.25, -0.2) is 9.18 Å². The van der Waals surface area contributed by atoms with Crippen molar-refractivity contribution < 1.29 is 24.1 Å². The molecule has 0 radical (unpaired) electrons. The molecule has 5 heteroatoms. The summed E-state index contributed by atoms with van der Waals surface area (Å²) in [5, 5.41) is 16.9. The number of benzene rings is 1. The van der Waals surface area contributed by atoms with Gasteiger partial charge in [-0.05, 0) is 17.7 Å². The lowest BCUT2D eigenvalue weighted by Crippen LogP contribution is -2.10. The van der Waals surface area contributed by atoms with E-state index in [0.29, 0.717) is 5.56 Å². The van der Waals surface area contributed by atoms with E-state index in [9.17, 15) is 9.18 Å². The highest BCUT2D eigenvalue weighted by Crippen LogP contribution is 2.18. The number of aliphatic hydroxyl groups excluding tert-OH is 1. The zero-order chi connectivity index (χ0) is 10.6. The van der Waals surface area contributed by atoms with E-state index in [2.05, 4.69) is 4.74 Å². The van der Waals surface area contributed by atoms with E-state index in [1.165, 1.54) is 12.1 Å². The van der Waals surface area contributed by atoms with Crippen LogP contribution in [0.3, 0.4) is 0 Å². The van der Waals surface area contributed by atoms with Crippen LogP contribution in [0, 0.1) is 5.82 Å². The molecular weight excluding hydrogens is 191 g/mol. The maximum Gasteiger partial charge on any atom is 0.341 e. The van der Waals surface area contributed by atoms with Crippen LogP contribution in [-0.2, 0) is 11.4 Å². The van der Waals surface area contributed by atoms with Crippen LogP contribution in [0.5, 0.6) is 5.75 Å². The zero-order valence-electron chi connectivity index (χ0n) is 7.24. The number of aliphatic hydroxyl groups is 1. The fourth-order valence-electron chi connectivity index (χ4n) is 0.899. The van der Waals surface area contributed by atoms with Gasteiger partial charge in [0.25, 0.3) is 0 Å². The Hall–Kier alpha value is -1.62. The molecule has 0 saturated carbocycles. The summed E-state index contributed by atoms with van der Waals surface area (Å²) in [6.45, 7) is -0.856. The summed E-state index contributed by atoms with van der Waals surface area (Å²) in [5.41, 5.74) is 0.408. The molecule has 1 rings (SSSR count). The van der Waals surface area contributed by atoms with Gasteiger partial charge in [0, 0.05) is 0 Å². The Morgan fingerprint density at radius 2 is 2.21 bits per heavy atom. The molecule has 1 aromatic carbocycles. The van der Waals surface area contributed by atoms with Crippen LogP contribution < -0.4 is 4.74 Å². The molecule has 0 unspecified atom stereocenters. The molecule has 0 aliphatic rings. The SMILES string of the molecule is O=C(O)COc1ccc(CO)cc1F. The Labute approximate surface area is 79.6 Å². The van der Waals surface area contributed by atoms with Crippen LogP contribution in [0.15, 0.2) is 18.2 Å². The highest BCUT2D eigenvalue weighted by molar-refractivity contribution is 5.68. The second-order valence-electron chi connectivity index (χ2n) is 2.61. The molecule has 2 N–H and O–H groups in total. The van der Waals surface area contributed by atoms with Crippen molar-refractivity contribution in [2.75, 3.05) is 6.61 Å². The number of halogens is 1. The summed E-state index contributed by atoms with van der Waals surface area (Å²) in [6.07, 6.45) is 0. The molecule has 0 aliphatic heterocycles. The number of carbonyl (C=O) groups is 1. The van der Waals surface area contributed by atoms with E-state index in [4.69, 9.17) is 10.2 Å². The standard InChI is InChI=1S/C9H9FO4/c10-7-3-6(4-11)1-2-8(7)14-5-9(12)13/h1-3,11H,4-5H2,(H,12,13). The predicted octanol–water partition coefficient (Wildman–Crippen LogP) is 0.781. The molecule has 0 heterocycles. The largest absolute Gasteiger partial charge is 0.479 e. The molecule has 0 spiro atoms. The van der Waals surface area contributed by atoms with Gasteiger partial charge < -0.3 is 14.9 Å². The third-order valence-corrected chi connectivity index (χ3v) is 1.53. The van der Waals surface area contributed by atoms with Crippen LogP contribution in [-0.4, -0.2) is 22.8 Å². The van der Waals surface area contributed by atoms with Gasteiger partial charge in [0.05, 0.1) is 6.61 Å². The minimum Gasteiger partial charge on any atom is -0.479 e. The van der Waals surface area contributed by atoms with Gasteiger partial charge in [0.15, 0.2) is 18.2 Å². The average molecular weight is 200 g/mol. The van der Waals surface area contributed by atoms with Crippen molar-refractivity contribution in [3.8, 4) is 5.75 Å². The van der Waals surface area contributed by atoms with Gasteiger partial charge in [-0.3, -0.25) is 0 Å². The van der Waals surface area contributed by atoms with E-state index in [1.54, 1.807) is 0 Å². The number of aliphatic carboxylic acids is 1. The Balaban J connectivity index is 2.73. The van der Waals surface area contributed by atoms with Crippen molar-refractivity contribution >= 4 is 5.97 Å². The maximum atomic E-state index is 13.1. The number of hydrogen-bond acceptors (Lipinski definition) is 3. The first-order valence-corrected chi connectivity index (χ1v) is 3.87.